The Bertz CT molecular complexity index is 728. The maximum absolute atomic E-state index is 10.9. The molecule has 0 aromatic heterocycles. The Kier molecular flexibility index (Phi) is 4.23. The Morgan fingerprint density at radius 3 is 2.70 bits per heavy atom. The summed E-state index contributed by atoms with van der Waals surface area (Å²) in [6.07, 6.45) is 0. The smallest absolute Gasteiger partial charge is 0.143 e. The number of nitrogens with zero attached hydrogens (tertiary/aromatic N) is 4. The number of aromatic hydroxyl groups is 1. The van der Waals surface area contributed by atoms with Gasteiger partial charge in [0.15, 0.2) is 0 Å². The van der Waals surface area contributed by atoms with Gasteiger partial charge in [0, 0.05) is 17.4 Å². The molecule has 0 aliphatic carbocycles. The van der Waals surface area contributed by atoms with Crippen molar-refractivity contribution in [3.05, 3.63) is 59.0 Å². The number of benzene rings is 2. The second-order valence-electron chi connectivity index (χ2n) is 5.44. The highest BCUT2D eigenvalue weighted by Crippen LogP contribution is 2.28. The Balaban J connectivity index is 1.96. The van der Waals surface area contributed by atoms with E-state index in [0.29, 0.717) is 25.5 Å². The Morgan fingerprint density at radius 1 is 1.22 bits per heavy atom. The topological polar surface area (TPSA) is 68.5 Å². The van der Waals surface area contributed by atoms with Crippen LogP contribution < -0.4 is 4.90 Å². The van der Waals surface area contributed by atoms with E-state index in [0.717, 1.165) is 11.4 Å². The van der Waals surface area contributed by atoms with Crippen LogP contribution in [0.3, 0.4) is 0 Å². The van der Waals surface area contributed by atoms with Gasteiger partial charge in [0.2, 0.25) is 0 Å². The lowest BCUT2D eigenvalue weighted by molar-refractivity contribution is 0.474. The summed E-state index contributed by atoms with van der Waals surface area (Å²) in [5.74, 6) is 0.822. The van der Waals surface area contributed by atoms with Crippen LogP contribution in [-0.4, -0.2) is 35.6 Å². The summed E-state index contributed by atoms with van der Waals surface area (Å²) in [7, 11) is 0. The first kappa shape index (κ1) is 15.0. The number of hydrogen-bond acceptors (Lipinski definition) is 5. The highest BCUT2D eigenvalue weighted by Gasteiger charge is 2.21. The van der Waals surface area contributed by atoms with Gasteiger partial charge in [-0.25, -0.2) is 5.01 Å². The largest absolute Gasteiger partial charge is 0.508 e. The molecular formula is C17H18N4O2. The first-order valence-corrected chi connectivity index (χ1v) is 7.45. The third-order valence-corrected chi connectivity index (χ3v) is 3.79. The van der Waals surface area contributed by atoms with Gasteiger partial charge >= 0.3 is 0 Å². The van der Waals surface area contributed by atoms with E-state index in [1.54, 1.807) is 18.2 Å². The molecule has 0 saturated carbocycles. The molecule has 1 heterocycles. The maximum atomic E-state index is 10.9. The van der Waals surface area contributed by atoms with Gasteiger partial charge in [-0.15, -0.1) is 4.91 Å². The SMILES string of the molecule is Cc1ccc(N(CC2=NCCN2N=O)c2cccc(O)c2)cc1. The average molecular weight is 310 g/mol. The molecule has 6 heteroatoms. The van der Waals surface area contributed by atoms with E-state index in [1.165, 1.54) is 10.6 Å². The molecule has 118 valence electrons. The molecule has 2 aromatic carbocycles. The van der Waals surface area contributed by atoms with E-state index in [1.807, 2.05) is 42.2 Å². The van der Waals surface area contributed by atoms with Gasteiger partial charge in [0.25, 0.3) is 0 Å². The van der Waals surface area contributed by atoms with Crippen LogP contribution in [0.15, 0.2) is 58.8 Å². The average Bonchev–Trinajstić information content (AvgIpc) is 3.01. The number of aryl methyl sites for hydroxylation is 1. The molecule has 6 nitrogen and oxygen atoms in total. The summed E-state index contributed by atoms with van der Waals surface area (Å²) in [5.41, 5.74) is 2.95. The van der Waals surface area contributed by atoms with Gasteiger partial charge in [-0.2, -0.15) is 0 Å². The number of phenolic OH excluding ortho intramolecular Hbond substituents is 1. The number of phenols is 1. The second-order valence-corrected chi connectivity index (χ2v) is 5.44. The summed E-state index contributed by atoms with van der Waals surface area (Å²) in [4.78, 5) is 17.3. The molecule has 0 fully saturated rings. The van der Waals surface area contributed by atoms with Gasteiger partial charge in [-0.05, 0) is 31.2 Å². The first-order chi connectivity index (χ1) is 11.2. The van der Waals surface area contributed by atoms with Gasteiger partial charge in [0.05, 0.1) is 24.9 Å². The third kappa shape index (κ3) is 3.31. The second kappa shape index (κ2) is 6.48. The van der Waals surface area contributed by atoms with E-state index < -0.39 is 0 Å². The minimum atomic E-state index is 0.193. The van der Waals surface area contributed by atoms with E-state index in [2.05, 4.69) is 10.3 Å². The molecule has 1 aliphatic heterocycles. The van der Waals surface area contributed by atoms with Crippen molar-refractivity contribution in [2.24, 2.45) is 10.3 Å². The zero-order chi connectivity index (χ0) is 16.2. The minimum absolute atomic E-state index is 0.193. The van der Waals surface area contributed by atoms with Crippen LogP contribution in [0.1, 0.15) is 5.56 Å². The molecule has 23 heavy (non-hydrogen) atoms. The molecule has 0 spiro atoms. The van der Waals surface area contributed by atoms with Crippen molar-refractivity contribution in [2.45, 2.75) is 6.92 Å². The molecule has 3 rings (SSSR count). The maximum Gasteiger partial charge on any atom is 0.143 e. The van der Waals surface area contributed by atoms with Crippen LogP contribution in [0.5, 0.6) is 5.75 Å². The van der Waals surface area contributed by atoms with Gasteiger partial charge < -0.3 is 10.0 Å². The molecule has 1 aliphatic rings. The Morgan fingerprint density at radius 2 is 2.00 bits per heavy atom. The highest BCUT2D eigenvalue weighted by atomic mass is 16.3. The van der Waals surface area contributed by atoms with Crippen molar-refractivity contribution in [3.63, 3.8) is 0 Å². The summed E-state index contributed by atoms with van der Waals surface area (Å²) in [6, 6.07) is 15.1. The predicted octanol–water partition coefficient (Wildman–Crippen LogP) is 3.23. The van der Waals surface area contributed by atoms with E-state index in [4.69, 9.17) is 0 Å². The molecular weight excluding hydrogens is 292 g/mol. The number of rotatable bonds is 5. The molecule has 0 amide bonds. The highest BCUT2D eigenvalue weighted by molar-refractivity contribution is 5.90. The van der Waals surface area contributed by atoms with Crippen LogP contribution in [-0.2, 0) is 0 Å². The lowest BCUT2D eigenvalue weighted by Crippen LogP contribution is -2.33. The number of aliphatic imine (C=N–C) groups is 1. The standard InChI is InChI=1S/C17H18N4O2/c1-13-5-7-14(8-6-13)20(15-3-2-4-16(22)11-15)12-17-18-9-10-21(17)19-23/h2-8,11,22H,9-10,12H2,1H3. The fourth-order valence-corrected chi connectivity index (χ4v) is 2.56. The van der Waals surface area contributed by atoms with Crippen LogP contribution in [0.4, 0.5) is 11.4 Å². The summed E-state index contributed by atoms with van der Waals surface area (Å²) in [6.45, 7) is 3.53. The van der Waals surface area contributed by atoms with Crippen molar-refractivity contribution in [2.75, 3.05) is 24.5 Å². The van der Waals surface area contributed by atoms with Crippen molar-refractivity contribution in [1.29, 1.82) is 0 Å². The monoisotopic (exact) mass is 310 g/mol. The molecule has 0 unspecified atom stereocenters. The summed E-state index contributed by atoms with van der Waals surface area (Å²) >= 11 is 0. The first-order valence-electron chi connectivity index (χ1n) is 7.45. The van der Waals surface area contributed by atoms with Crippen molar-refractivity contribution in [1.82, 2.24) is 5.01 Å². The minimum Gasteiger partial charge on any atom is -0.508 e. The lowest BCUT2D eigenvalue weighted by Gasteiger charge is -2.26. The normalized spacial score (nSPS) is 13.8. The van der Waals surface area contributed by atoms with Crippen LogP contribution >= 0.6 is 0 Å². The van der Waals surface area contributed by atoms with E-state index >= 15 is 0 Å². The molecule has 2 aromatic rings. The molecule has 0 bridgehead atoms. The Labute approximate surface area is 134 Å². The van der Waals surface area contributed by atoms with Crippen molar-refractivity contribution >= 4 is 17.2 Å². The van der Waals surface area contributed by atoms with Crippen LogP contribution in [0, 0.1) is 11.8 Å². The van der Waals surface area contributed by atoms with Gasteiger partial charge in [-0.3, -0.25) is 4.99 Å². The number of nitroso groups, excluding NO2 is 1. The zero-order valence-corrected chi connectivity index (χ0v) is 12.9. The lowest BCUT2D eigenvalue weighted by atomic mass is 10.2. The summed E-state index contributed by atoms with van der Waals surface area (Å²) < 4.78 is 0. The number of hydrogen-bond donors (Lipinski definition) is 1. The fraction of sp³-hybridized carbons (Fsp3) is 0.235. The Hall–Kier alpha value is -2.89. The number of amidine groups is 1. The van der Waals surface area contributed by atoms with Crippen molar-refractivity contribution < 1.29 is 5.11 Å². The van der Waals surface area contributed by atoms with E-state index in [9.17, 15) is 10.0 Å². The molecule has 0 radical (unpaired) electrons. The molecule has 1 N–H and O–H groups in total. The van der Waals surface area contributed by atoms with Gasteiger partial charge in [-0.1, -0.05) is 23.8 Å². The van der Waals surface area contributed by atoms with E-state index in [-0.39, 0.29) is 5.75 Å². The number of anilines is 2. The molecule has 0 saturated heterocycles. The third-order valence-electron chi connectivity index (χ3n) is 3.79. The van der Waals surface area contributed by atoms with Crippen molar-refractivity contribution in [3.8, 4) is 5.75 Å². The van der Waals surface area contributed by atoms with Gasteiger partial charge in [0.1, 0.15) is 11.6 Å². The van der Waals surface area contributed by atoms with Crippen LogP contribution in [0.2, 0.25) is 0 Å². The predicted molar refractivity (Wildman–Crippen MR) is 91.1 cm³/mol. The van der Waals surface area contributed by atoms with Crippen LogP contribution in [0.25, 0.3) is 0 Å². The molecule has 0 atom stereocenters. The quantitative estimate of drug-likeness (QED) is 0.861. The summed E-state index contributed by atoms with van der Waals surface area (Å²) in [5, 5.41) is 14.2. The fourth-order valence-electron chi connectivity index (χ4n) is 2.56. The zero-order valence-electron chi connectivity index (χ0n) is 12.9.